The van der Waals surface area contributed by atoms with Crippen LogP contribution in [-0.2, 0) is 13.0 Å². The molecule has 1 amide bonds. The van der Waals surface area contributed by atoms with Gasteiger partial charge in [-0.15, -0.1) is 11.3 Å². The summed E-state index contributed by atoms with van der Waals surface area (Å²) in [6.45, 7) is 5.51. The number of Topliss-reactive ketones (excluding diaryl/α,β-unsaturated/α-hetero) is 1. The number of carbonyl (C=O) groups is 2. The van der Waals surface area contributed by atoms with E-state index < -0.39 is 11.6 Å². The Bertz CT molecular complexity index is 1300. The van der Waals surface area contributed by atoms with Crippen LogP contribution in [0.5, 0.6) is 0 Å². The van der Waals surface area contributed by atoms with Gasteiger partial charge in [0.25, 0.3) is 5.91 Å². The first-order valence-electron chi connectivity index (χ1n) is 11.9. The van der Waals surface area contributed by atoms with Crippen LogP contribution in [0, 0.1) is 0 Å². The molecule has 5 N–H and O–H groups in total. The number of ketones is 1. The molecule has 35 heavy (non-hydrogen) atoms. The van der Waals surface area contributed by atoms with Gasteiger partial charge in [0.2, 0.25) is 5.78 Å². The highest BCUT2D eigenvalue weighted by Crippen LogP contribution is 2.34. The molecule has 1 aromatic carbocycles. The van der Waals surface area contributed by atoms with Gasteiger partial charge in [-0.25, -0.2) is 4.98 Å². The largest absolute Gasteiger partial charge is 0.394 e. The molecule has 2 atom stereocenters. The Kier molecular flexibility index (Phi) is 6.26. The zero-order chi connectivity index (χ0) is 25.0. The first kappa shape index (κ1) is 24.4. The topological polar surface area (TPSA) is 124 Å². The fourth-order valence-electron chi connectivity index (χ4n) is 5.11. The highest BCUT2D eigenvalue weighted by atomic mass is 35.5. The van der Waals surface area contributed by atoms with Crippen molar-refractivity contribution < 1.29 is 14.7 Å². The average molecular weight is 516 g/mol. The molecule has 10 heteroatoms. The summed E-state index contributed by atoms with van der Waals surface area (Å²) in [5.41, 5.74) is 7.32. The summed E-state index contributed by atoms with van der Waals surface area (Å²) in [6.07, 6.45) is 2.60. The summed E-state index contributed by atoms with van der Waals surface area (Å²) in [7, 11) is 0. The number of aromatic amines is 1. The third kappa shape index (κ3) is 4.40. The lowest BCUT2D eigenvalue weighted by Gasteiger charge is -2.39. The van der Waals surface area contributed by atoms with Crippen LogP contribution in [0.3, 0.4) is 0 Å². The van der Waals surface area contributed by atoms with E-state index in [1.807, 2.05) is 19.9 Å². The van der Waals surface area contributed by atoms with Gasteiger partial charge in [0.15, 0.2) is 5.01 Å². The van der Waals surface area contributed by atoms with Gasteiger partial charge >= 0.3 is 0 Å². The molecule has 1 aliphatic heterocycles. The molecule has 5 rings (SSSR count). The van der Waals surface area contributed by atoms with Gasteiger partial charge in [0.1, 0.15) is 5.54 Å². The zero-order valence-corrected chi connectivity index (χ0v) is 21.4. The van der Waals surface area contributed by atoms with E-state index in [9.17, 15) is 14.7 Å². The quantitative estimate of drug-likeness (QED) is 0.373. The van der Waals surface area contributed by atoms with Gasteiger partial charge < -0.3 is 21.1 Å². The lowest BCUT2D eigenvalue weighted by atomic mass is 9.87. The minimum atomic E-state index is -1.20. The van der Waals surface area contributed by atoms with E-state index in [4.69, 9.17) is 17.3 Å². The number of halogens is 1. The van der Waals surface area contributed by atoms with Gasteiger partial charge in [-0.05, 0) is 57.4 Å². The van der Waals surface area contributed by atoms with Gasteiger partial charge in [-0.3, -0.25) is 14.5 Å². The minimum Gasteiger partial charge on any atom is -0.394 e. The molecule has 1 saturated carbocycles. The molecule has 8 nitrogen and oxygen atoms in total. The molecule has 2 aliphatic rings. The molecular weight excluding hydrogens is 486 g/mol. The number of aliphatic hydroxyl groups excluding tert-OH is 1. The number of nitrogens with two attached hydrogens (primary N) is 1. The lowest BCUT2D eigenvalue weighted by Crippen LogP contribution is -2.60. The predicted molar refractivity (Wildman–Crippen MR) is 137 cm³/mol. The van der Waals surface area contributed by atoms with E-state index in [0.29, 0.717) is 35.1 Å². The van der Waals surface area contributed by atoms with E-state index in [1.54, 1.807) is 18.2 Å². The van der Waals surface area contributed by atoms with Crippen LogP contribution in [0.25, 0.3) is 10.9 Å². The van der Waals surface area contributed by atoms with Crippen molar-refractivity contribution in [2.24, 2.45) is 5.73 Å². The van der Waals surface area contributed by atoms with Crippen molar-refractivity contribution in [3.63, 3.8) is 0 Å². The number of hydrogen-bond acceptors (Lipinski definition) is 7. The number of fused-ring (bicyclic) bond motifs is 2. The third-order valence-corrected chi connectivity index (χ3v) is 8.75. The summed E-state index contributed by atoms with van der Waals surface area (Å²) in [4.78, 5) is 37.7. The molecule has 186 valence electrons. The molecule has 0 spiro atoms. The maximum absolute atomic E-state index is 13.5. The number of H-pyrrole nitrogens is 1. The summed E-state index contributed by atoms with van der Waals surface area (Å²) >= 11 is 7.46. The molecule has 3 aromatic rings. The summed E-state index contributed by atoms with van der Waals surface area (Å²) in [6, 6.07) is 6.68. The van der Waals surface area contributed by atoms with Crippen LogP contribution in [0.1, 0.15) is 64.0 Å². The zero-order valence-electron chi connectivity index (χ0n) is 19.9. The Balaban J connectivity index is 1.32. The van der Waals surface area contributed by atoms with Crippen molar-refractivity contribution in [1.29, 1.82) is 0 Å². The van der Waals surface area contributed by atoms with Crippen LogP contribution in [0.2, 0.25) is 5.02 Å². The second kappa shape index (κ2) is 8.97. The maximum atomic E-state index is 13.5. The van der Waals surface area contributed by atoms with Crippen molar-refractivity contribution in [2.75, 3.05) is 13.2 Å². The standard InChI is InChI=1S/C25H30ClN5O3S/c1-24(2,13-32)31-9-7-17-19(12-31)35-23(29-17)22(34)30-20-4-3-8-25(20,27)21(33)18-11-14-10-15(26)5-6-16(14)28-18/h5-6,10-11,20,28,32H,3-4,7-9,12-13,27H2,1-2H3,(H,30,34). The number of rotatable bonds is 6. The van der Waals surface area contributed by atoms with E-state index in [0.717, 1.165) is 40.9 Å². The van der Waals surface area contributed by atoms with Crippen molar-refractivity contribution in [3.05, 3.63) is 50.6 Å². The second-order valence-electron chi connectivity index (χ2n) is 10.2. The number of amides is 1. The van der Waals surface area contributed by atoms with Crippen molar-refractivity contribution >= 4 is 45.5 Å². The Hall–Kier alpha value is -2.30. The minimum absolute atomic E-state index is 0.0617. The molecule has 3 heterocycles. The summed E-state index contributed by atoms with van der Waals surface area (Å²) in [5, 5.41) is 14.6. The number of aliphatic hydroxyl groups is 1. The number of benzene rings is 1. The lowest BCUT2D eigenvalue weighted by molar-refractivity contribution is 0.0471. The van der Waals surface area contributed by atoms with Gasteiger partial charge in [0.05, 0.1) is 24.0 Å². The van der Waals surface area contributed by atoms with Crippen LogP contribution >= 0.6 is 22.9 Å². The van der Waals surface area contributed by atoms with Crippen molar-refractivity contribution in [2.45, 2.75) is 63.2 Å². The smallest absolute Gasteiger partial charge is 0.280 e. The molecule has 2 aromatic heterocycles. The number of thiazole rings is 1. The molecule has 0 bridgehead atoms. The third-order valence-electron chi connectivity index (χ3n) is 7.43. The van der Waals surface area contributed by atoms with Crippen molar-refractivity contribution in [1.82, 2.24) is 20.2 Å². The molecule has 1 fully saturated rings. The Morgan fingerprint density at radius 3 is 2.97 bits per heavy atom. The molecular formula is C25H30ClN5O3S. The maximum Gasteiger partial charge on any atom is 0.280 e. The van der Waals surface area contributed by atoms with Gasteiger partial charge in [-0.2, -0.15) is 0 Å². The Morgan fingerprint density at radius 1 is 1.40 bits per heavy atom. The van der Waals surface area contributed by atoms with E-state index in [-0.39, 0.29) is 23.8 Å². The fourth-order valence-corrected chi connectivity index (χ4v) is 6.32. The normalized spacial score (nSPS) is 22.9. The SMILES string of the molecule is CC(C)(CO)N1CCc2nc(C(=O)NC3CCCC3(N)C(=O)c3cc4cc(Cl)ccc4[nH]3)sc2C1. The highest BCUT2D eigenvalue weighted by Gasteiger charge is 2.47. The van der Waals surface area contributed by atoms with Crippen LogP contribution in [0.15, 0.2) is 24.3 Å². The summed E-state index contributed by atoms with van der Waals surface area (Å²) in [5.74, 6) is -0.511. The Morgan fingerprint density at radius 2 is 2.20 bits per heavy atom. The molecule has 2 unspecified atom stereocenters. The number of nitrogens with zero attached hydrogens (tertiary/aromatic N) is 2. The van der Waals surface area contributed by atoms with Crippen LogP contribution in [0.4, 0.5) is 0 Å². The fraction of sp³-hybridized carbons (Fsp3) is 0.480. The average Bonchev–Trinajstić information content (AvgIpc) is 3.55. The Labute approximate surface area is 212 Å². The van der Waals surface area contributed by atoms with Gasteiger partial charge in [0, 0.05) is 45.9 Å². The first-order chi connectivity index (χ1) is 16.6. The number of aromatic nitrogens is 2. The van der Waals surface area contributed by atoms with E-state index >= 15 is 0 Å². The first-order valence-corrected chi connectivity index (χ1v) is 13.1. The number of nitrogens with one attached hydrogen (secondary N) is 2. The van der Waals surface area contributed by atoms with E-state index in [2.05, 4.69) is 20.2 Å². The number of carbonyl (C=O) groups excluding carboxylic acids is 2. The summed E-state index contributed by atoms with van der Waals surface area (Å²) < 4.78 is 0. The van der Waals surface area contributed by atoms with Crippen LogP contribution in [-0.4, -0.2) is 61.9 Å². The van der Waals surface area contributed by atoms with E-state index in [1.165, 1.54) is 11.3 Å². The molecule has 0 radical (unpaired) electrons. The molecule has 0 saturated heterocycles. The van der Waals surface area contributed by atoms with Gasteiger partial charge in [-0.1, -0.05) is 11.6 Å². The van der Waals surface area contributed by atoms with Crippen molar-refractivity contribution in [3.8, 4) is 0 Å². The monoisotopic (exact) mass is 515 g/mol. The number of hydrogen-bond donors (Lipinski definition) is 4. The highest BCUT2D eigenvalue weighted by molar-refractivity contribution is 7.13. The van der Waals surface area contributed by atoms with Crippen LogP contribution < -0.4 is 11.1 Å². The predicted octanol–water partition coefficient (Wildman–Crippen LogP) is 3.27. The second-order valence-corrected chi connectivity index (χ2v) is 11.8. The molecule has 1 aliphatic carbocycles.